The van der Waals surface area contributed by atoms with Crippen molar-refractivity contribution in [3.05, 3.63) is 29.0 Å². The molecule has 0 spiro atoms. The summed E-state index contributed by atoms with van der Waals surface area (Å²) in [5, 5.41) is 4.17. The van der Waals surface area contributed by atoms with Gasteiger partial charge in [-0.2, -0.15) is 0 Å². The number of carbonyl (C=O) groups excluding carboxylic acids is 3. The molecule has 1 heterocycles. The number of carbonyl (C=O) groups is 3. The lowest BCUT2D eigenvalue weighted by Gasteiger charge is -2.12. The molecule has 1 aliphatic rings. The zero-order valence-corrected chi connectivity index (χ0v) is 10.6. The fourth-order valence-corrected chi connectivity index (χ4v) is 2.02. The van der Waals surface area contributed by atoms with E-state index >= 15 is 0 Å². The summed E-state index contributed by atoms with van der Waals surface area (Å²) in [6, 6.07) is 3.93. The summed E-state index contributed by atoms with van der Waals surface area (Å²) in [6.07, 6.45) is 0. The predicted molar refractivity (Wildman–Crippen MR) is 65.8 cm³/mol. The van der Waals surface area contributed by atoms with E-state index in [1.165, 1.54) is 19.1 Å². The third-order valence-corrected chi connectivity index (χ3v) is 3.32. The Hall–Kier alpha value is -1.95. The highest BCUT2D eigenvalue weighted by Gasteiger charge is 2.43. The minimum absolute atomic E-state index is 0.0611. The van der Waals surface area contributed by atoms with E-state index in [2.05, 4.69) is 10.6 Å². The van der Waals surface area contributed by atoms with Crippen molar-refractivity contribution >= 4 is 35.0 Å². The molecule has 0 aromatic heterocycles. The van der Waals surface area contributed by atoms with Gasteiger partial charge in [-0.3, -0.25) is 19.7 Å². The van der Waals surface area contributed by atoms with Crippen LogP contribution in [0.4, 0.5) is 10.1 Å². The van der Waals surface area contributed by atoms with Gasteiger partial charge in [-0.1, -0.05) is 24.6 Å². The Kier molecular flexibility index (Phi) is 3.53. The van der Waals surface area contributed by atoms with Gasteiger partial charge in [0.15, 0.2) is 0 Å². The topological polar surface area (TPSA) is 75.3 Å². The third kappa shape index (κ3) is 2.44. The fraction of sp³-hybridized carbons (Fsp3) is 0.250. The van der Waals surface area contributed by atoms with E-state index in [0.717, 1.165) is 6.07 Å². The van der Waals surface area contributed by atoms with Crippen LogP contribution in [0.5, 0.6) is 0 Å². The van der Waals surface area contributed by atoms with Crippen LogP contribution in [0.2, 0.25) is 5.02 Å². The van der Waals surface area contributed by atoms with Crippen LogP contribution in [0.3, 0.4) is 0 Å². The van der Waals surface area contributed by atoms with E-state index in [1.54, 1.807) is 0 Å². The predicted octanol–water partition coefficient (Wildman–Crippen LogP) is 1.33. The van der Waals surface area contributed by atoms with Gasteiger partial charge in [0.05, 0.1) is 16.6 Å². The van der Waals surface area contributed by atoms with Gasteiger partial charge in [0.1, 0.15) is 11.7 Å². The van der Waals surface area contributed by atoms with Gasteiger partial charge in [0.2, 0.25) is 17.7 Å². The van der Waals surface area contributed by atoms with Crippen molar-refractivity contribution in [3.63, 3.8) is 0 Å². The molecule has 5 nitrogen and oxygen atoms in total. The molecule has 1 aromatic carbocycles. The number of amides is 3. The first-order valence-corrected chi connectivity index (χ1v) is 5.89. The second-order valence-electron chi connectivity index (χ2n) is 4.21. The van der Waals surface area contributed by atoms with E-state index in [1.807, 2.05) is 0 Å². The largest absolute Gasteiger partial charge is 0.324 e. The van der Waals surface area contributed by atoms with Crippen molar-refractivity contribution in [2.75, 3.05) is 5.32 Å². The number of hydrogen-bond acceptors (Lipinski definition) is 3. The van der Waals surface area contributed by atoms with E-state index in [4.69, 9.17) is 11.6 Å². The Morgan fingerprint density at radius 1 is 1.37 bits per heavy atom. The van der Waals surface area contributed by atoms with Crippen LogP contribution in [0.15, 0.2) is 18.2 Å². The first-order valence-electron chi connectivity index (χ1n) is 5.51. The first-order chi connectivity index (χ1) is 8.91. The van der Waals surface area contributed by atoms with Gasteiger partial charge in [-0.25, -0.2) is 4.39 Å². The molecule has 0 radical (unpaired) electrons. The lowest BCUT2D eigenvalue weighted by atomic mass is 9.96. The Bertz CT molecular complexity index is 576. The summed E-state index contributed by atoms with van der Waals surface area (Å²) >= 11 is 5.69. The van der Waals surface area contributed by atoms with Gasteiger partial charge in [0, 0.05) is 0 Å². The average molecular weight is 285 g/mol. The normalized spacial score (nSPS) is 22.3. The summed E-state index contributed by atoms with van der Waals surface area (Å²) in [5.41, 5.74) is 0.0611. The van der Waals surface area contributed by atoms with Crippen LogP contribution in [-0.4, -0.2) is 17.7 Å². The van der Waals surface area contributed by atoms with Crippen LogP contribution in [-0.2, 0) is 14.4 Å². The van der Waals surface area contributed by atoms with Gasteiger partial charge in [-0.15, -0.1) is 0 Å². The number of imide groups is 1. The van der Waals surface area contributed by atoms with Gasteiger partial charge in [-0.05, 0) is 12.1 Å². The summed E-state index contributed by atoms with van der Waals surface area (Å²) in [4.78, 5) is 34.7. The van der Waals surface area contributed by atoms with Gasteiger partial charge in [0.25, 0.3) is 0 Å². The maximum Gasteiger partial charge on any atom is 0.239 e. The Balaban J connectivity index is 2.20. The van der Waals surface area contributed by atoms with E-state index in [-0.39, 0.29) is 10.7 Å². The molecule has 0 saturated carbocycles. The summed E-state index contributed by atoms with van der Waals surface area (Å²) in [7, 11) is 0. The molecule has 2 atom stereocenters. The van der Waals surface area contributed by atoms with Crippen molar-refractivity contribution in [3.8, 4) is 0 Å². The van der Waals surface area contributed by atoms with Crippen molar-refractivity contribution in [1.82, 2.24) is 5.32 Å². The molecule has 0 aliphatic carbocycles. The number of hydrogen-bond donors (Lipinski definition) is 2. The molecule has 1 aliphatic heterocycles. The molecule has 19 heavy (non-hydrogen) atoms. The maximum atomic E-state index is 13.2. The summed E-state index contributed by atoms with van der Waals surface area (Å²) < 4.78 is 13.2. The number of anilines is 1. The van der Waals surface area contributed by atoms with Crippen molar-refractivity contribution in [2.24, 2.45) is 11.8 Å². The van der Waals surface area contributed by atoms with Crippen LogP contribution < -0.4 is 10.6 Å². The van der Waals surface area contributed by atoms with Gasteiger partial charge >= 0.3 is 0 Å². The fourth-order valence-electron chi connectivity index (χ4n) is 1.85. The molecular weight excluding hydrogens is 275 g/mol. The molecule has 1 fully saturated rings. The molecular formula is C12H10ClFN2O3. The molecule has 2 unspecified atom stereocenters. The van der Waals surface area contributed by atoms with Crippen LogP contribution in [0.25, 0.3) is 0 Å². The van der Waals surface area contributed by atoms with E-state index < -0.39 is 35.4 Å². The molecule has 0 bridgehead atoms. The smallest absolute Gasteiger partial charge is 0.239 e. The lowest BCUT2D eigenvalue weighted by molar-refractivity contribution is -0.131. The Morgan fingerprint density at radius 3 is 2.63 bits per heavy atom. The second-order valence-corrected chi connectivity index (χ2v) is 4.59. The van der Waals surface area contributed by atoms with Crippen LogP contribution >= 0.6 is 11.6 Å². The number of halogens is 2. The Morgan fingerprint density at radius 2 is 2.05 bits per heavy atom. The Labute approximate surface area is 113 Å². The zero-order chi connectivity index (χ0) is 14.2. The highest BCUT2D eigenvalue weighted by Crippen LogP contribution is 2.26. The van der Waals surface area contributed by atoms with Crippen LogP contribution in [0.1, 0.15) is 6.92 Å². The van der Waals surface area contributed by atoms with E-state index in [9.17, 15) is 18.8 Å². The van der Waals surface area contributed by atoms with Crippen molar-refractivity contribution in [1.29, 1.82) is 0 Å². The van der Waals surface area contributed by atoms with Crippen LogP contribution in [0, 0.1) is 17.7 Å². The SMILES string of the molecule is CC1C(=O)NC(=O)C1C(=O)Nc1cccc(F)c1Cl. The van der Waals surface area contributed by atoms with E-state index in [0.29, 0.717) is 0 Å². The zero-order valence-electron chi connectivity index (χ0n) is 9.87. The van der Waals surface area contributed by atoms with Crippen molar-refractivity contribution < 1.29 is 18.8 Å². The summed E-state index contributed by atoms with van der Waals surface area (Å²) in [6.45, 7) is 1.47. The number of nitrogens with one attached hydrogen (secondary N) is 2. The third-order valence-electron chi connectivity index (χ3n) is 2.93. The minimum Gasteiger partial charge on any atom is -0.324 e. The quantitative estimate of drug-likeness (QED) is 0.635. The molecule has 3 amide bonds. The monoisotopic (exact) mass is 284 g/mol. The lowest BCUT2D eigenvalue weighted by Crippen LogP contribution is -2.32. The number of rotatable bonds is 2. The molecule has 1 aromatic rings. The summed E-state index contributed by atoms with van der Waals surface area (Å²) in [5.74, 6) is -4.44. The first kappa shape index (κ1) is 13.5. The standard InChI is InChI=1S/C12H10ClFN2O3/c1-5-8(12(19)16-10(5)17)11(18)15-7-4-2-3-6(14)9(7)13/h2-5,8H,1H3,(H,15,18)(H,16,17,19). The average Bonchev–Trinajstić information content (AvgIpc) is 2.59. The minimum atomic E-state index is -1.13. The molecule has 100 valence electrons. The highest BCUT2D eigenvalue weighted by molar-refractivity contribution is 6.34. The highest BCUT2D eigenvalue weighted by atomic mass is 35.5. The maximum absolute atomic E-state index is 13.2. The van der Waals surface area contributed by atoms with Gasteiger partial charge < -0.3 is 5.32 Å². The molecule has 2 N–H and O–H groups in total. The molecule has 7 heteroatoms. The number of benzene rings is 1. The van der Waals surface area contributed by atoms with Crippen molar-refractivity contribution in [2.45, 2.75) is 6.92 Å². The molecule has 1 saturated heterocycles. The molecule has 2 rings (SSSR count). The second kappa shape index (κ2) is 4.97.